The summed E-state index contributed by atoms with van der Waals surface area (Å²) in [5.74, 6) is 1.22. The number of nitrogens with one attached hydrogen (secondary N) is 1. The number of ketones is 1. The molecule has 3 rings (SSSR count). The zero-order valence-corrected chi connectivity index (χ0v) is 14.1. The molecular formula is C18H19NO3S. The van der Waals surface area contributed by atoms with Gasteiger partial charge in [-0.3, -0.25) is 4.79 Å². The third kappa shape index (κ3) is 3.10. The van der Waals surface area contributed by atoms with Crippen LogP contribution >= 0.6 is 11.3 Å². The van der Waals surface area contributed by atoms with Gasteiger partial charge in [-0.25, -0.2) is 0 Å². The maximum Gasteiger partial charge on any atom is 0.214 e. The second-order valence-corrected chi connectivity index (χ2v) is 6.51. The second-order valence-electron chi connectivity index (χ2n) is 5.53. The zero-order valence-electron chi connectivity index (χ0n) is 13.3. The average Bonchev–Trinajstić information content (AvgIpc) is 3.14. The number of carbonyl (C=O) groups is 1. The topological polar surface area (TPSA) is 47.6 Å². The summed E-state index contributed by atoms with van der Waals surface area (Å²) in [6.07, 6.45) is -0.487. The lowest BCUT2D eigenvalue weighted by atomic mass is 10.00. The van der Waals surface area contributed by atoms with E-state index < -0.39 is 6.10 Å². The normalized spacial score (nSPS) is 17.6. The molecule has 0 saturated heterocycles. The van der Waals surface area contributed by atoms with Gasteiger partial charge in [0.25, 0.3) is 0 Å². The molecule has 1 aromatic carbocycles. The highest BCUT2D eigenvalue weighted by atomic mass is 32.1. The number of thiophene rings is 1. The molecule has 23 heavy (non-hydrogen) atoms. The van der Waals surface area contributed by atoms with Crippen molar-refractivity contribution in [1.82, 2.24) is 5.32 Å². The highest BCUT2D eigenvalue weighted by Crippen LogP contribution is 2.39. The molecule has 120 valence electrons. The van der Waals surface area contributed by atoms with Crippen molar-refractivity contribution in [1.29, 1.82) is 0 Å². The Morgan fingerprint density at radius 3 is 2.74 bits per heavy atom. The largest absolute Gasteiger partial charge is 0.491 e. The lowest BCUT2D eigenvalue weighted by Gasteiger charge is -2.11. The Kier molecular flexibility index (Phi) is 4.39. The van der Waals surface area contributed by atoms with Crippen LogP contribution in [0, 0.1) is 0 Å². The summed E-state index contributed by atoms with van der Waals surface area (Å²) < 4.78 is 11.6. The van der Waals surface area contributed by atoms with E-state index in [0.29, 0.717) is 11.5 Å². The summed E-state index contributed by atoms with van der Waals surface area (Å²) in [6.45, 7) is 3.95. The van der Waals surface area contributed by atoms with Crippen LogP contribution in [0.2, 0.25) is 0 Å². The molecule has 4 nitrogen and oxygen atoms in total. The summed E-state index contributed by atoms with van der Waals surface area (Å²) in [5, 5.41) is 4.94. The van der Waals surface area contributed by atoms with E-state index in [1.54, 1.807) is 7.05 Å². The summed E-state index contributed by atoms with van der Waals surface area (Å²) in [7, 11) is 1.76. The van der Waals surface area contributed by atoms with Crippen molar-refractivity contribution >= 4 is 22.7 Å². The molecule has 0 bridgehead atoms. The van der Waals surface area contributed by atoms with Gasteiger partial charge in [0.2, 0.25) is 5.78 Å². The molecular weight excluding hydrogens is 310 g/mol. The first-order chi connectivity index (χ1) is 11.1. The van der Waals surface area contributed by atoms with E-state index >= 15 is 0 Å². The number of benzene rings is 1. The Bertz CT molecular complexity index is 734. The van der Waals surface area contributed by atoms with Crippen LogP contribution in [0.15, 0.2) is 47.7 Å². The van der Waals surface area contributed by atoms with Crippen molar-refractivity contribution in [3.63, 3.8) is 0 Å². The van der Waals surface area contributed by atoms with Crippen molar-refractivity contribution in [3.8, 4) is 5.75 Å². The van der Waals surface area contributed by atoms with Crippen LogP contribution in [-0.2, 0) is 9.53 Å². The molecule has 0 aliphatic carbocycles. The smallest absolute Gasteiger partial charge is 0.214 e. The van der Waals surface area contributed by atoms with Gasteiger partial charge in [0.1, 0.15) is 5.75 Å². The lowest BCUT2D eigenvalue weighted by molar-refractivity contribution is -0.120. The predicted octanol–water partition coefficient (Wildman–Crippen LogP) is 3.76. The fourth-order valence-electron chi connectivity index (χ4n) is 2.56. The van der Waals surface area contributed by atoms with Crippen LogP contribution in [0.3, 0.4) is 0 Å². The van der Waals surface area contributed by atoms with Gasteiger partial charge < -0.3 is 14.8 Å². The summed E-state index contributed by atoms with van der Waals surface area (Å²) >= 11 is 1.52. The summed E-state index contributed by atoms with van der Waals surface area (Å²) in [4.78, 5) is 13.8. The molecule has 2 aromatic rings. The molecule has 5 heteroatoms. The third-order valence-electron chi connectivity index (χ3n) is 3.47. The molecule has 0 saturated carbocycles. The summed E-state index contributed by atoms with van der Waals surface area (Å²) in [6, 6.07) is 11.4. The SMILES string of the molecule is CNC1=C(c2cccc(OC(C)C)c2)C(=O)C(c2cccs2)O1. The van der Waals surface area contributed by atoms with E-state index in [2.05, 4.69) is 5.32 Å². The minimum absolute atomic E-state index is 0.0292. The lowest BCUT2D eigenvalue weighted by Crippen LogP contribution is -2.08. The Hall–Kier alpha value is -2.27. The first kappa shape index (κ1) is 15.6. The van der Waals surface area contributed by atoms with Gasteiger partial charge in [-0.15, -0.1) is 11.3 Å². The quantitative estimate of drug-likeness (QED) is 0.907. The van der Waals surface area contributed by atoms with Gasteiger partial charge in [0.15, 0.2) is 12.0 Å². The molecule has 2 heterocycles. The van der Waals surface area contributed by atoms with Gasteiger partial charge in [-0.2, -0.15) is 0 Å². The number of Topliss-reactive ketones (excluding diaryl/α,β-unsaturated/α-hetero) is 1. The van der Waals surface area contributed by atoms with E-state index in [4.69, 9.17) is 9.47 Å². The van der Waals surface area contributed by atoms with Crippen molar-refractivity contribution < 1.29 is 14.3 Å². The Labute approximate surface area is 139 Å². The van der Waals surface area contributed by atoms with Crippen molar-refractivity contribution in [2.45, 2.75) is 26.1 Å². The molecule has 1 N–H and O–H groups in total. The minimum Gasteiger partial charge on any atom is -0.491 e. The highest BCUT2D eigenvalue weighted by molar-refractivity contribution is 7.10. The molecule has 1 aromatic heterocycles. The van der Waals surface area contributed by atoms with E-state index in [1.807, 2.05) is 55.6 Å². The Balaban J connectivity index is 1.95. The van der Waals surface area contributed by atoms with E-state index in [9.17, 15) is 4.79 Å². The van der Waals surface area contributed by atoms with Crippen LogP contribution in [-0.4, -0.2) is 18.9 Å². The second kappa shape index (κ2) is 6.46. The van der Waals surface area contributed by atoms with Crippen molar-refractivity contribution in [2.24, 2.45) is 0 Å². The van der Waals surface area contributed by atoms with Crippen LogP contribution in [0.1, 0.15) is 30.4 Å². The number of ether oxygens (including phenoxy) is 2. The molecule has 1 aliphatic heterocycles. The fourth-order valence-corrected chi connectivity index (χ4v) is 3.31. The van der Waals surface area contributed by atoms with Crippen molar-refractivity contribution in [3.05, 3.63) is 58.1 Å². The van der Waals surface area contributed by atoms with E-state index in [0.717, 1.165) is 16.2 Å². The van der Waals surface area contributed by atoms with Gasteiger partial charge >= 0.3 is 0 Å². The molecule has 1 unspecified atom stereocenters. The fraction of sp³-hybridized carbons (Fsp3) is 0.278. The zero-order chi connectivity index (χ0) is 16.4. The van der Waals surface area contributed by atoms with E-state index in [-0.39, 0.29) is 11.9 Å². The van der Waals surface area contributed by atoms with Crippen LogP contribution in [0.5, 0.6) is 5.75 Å². The molecule has 0 amide bonds. The van der Waals surface area contributed by atoms with Gasteiger partial charge in [-0.1, -0.05) is 18.2 Å². The standard InChI is InChI=1S/C18H19NO3S/c1-11(2)21-13-7-4-6-12(10-13)15-16(20)17(22-18(15)19-3)14-8-5-9-23-14/h4-11,17,19H,1-3H3. The van der Waals surface area contributed by atoms with Gasteiger partial charge in [-0.05, 0) is 43.0 Å². The van der Waals surface area contributed by atoms with Gasteiger partial charge in [0.05, 0.1) is 16.6 Å². The molecule has 1 aliphatic rings. The average molecular weight is 329 g/mol. The van der Waals surface area contributed by atoms with Crippen LogP contribution in [0.25, 0.3) is 5.57 Å². The predicted molar refractivity (Wildman–Crippen MR) is 91.3 cm³/mol. The maximum absolute atomic E-state index is 12.9. The summed E-state index contributed by atoms with van der Waals surface area (Å²) in [5.41, 5.74) is 1.37. The maximum atomic E-state index is 12.9. The highest BCUT2D eigenvalue weighted by Gasteiger charge is 2.37. The van der Waals surface area contributed by atoms with Crippen LogP contribution < -0.4 is 10.1 Å². The molecule has 0 fully saturated rings. The monoisotopic (exact) mass is 329 g/mol. The third-order valence-corrected chi connectivity index (χ3v) is 4.39. The number of hydrogen-bond donors (Lipinski definition) is 1. The first-order valence-corrected chi connectivity index (χ1v) is 8.41. The number of carbonyl (C=O) groups excluding carboxylic acids is 1. The first-order valence-electron chi connectivity index (χ1n) is 7.53. The number of rotatable bonds is 5. The molecule has 1 atom stereocenters. The van der Waals surface area contributed by atoms with Crippen LogP contribution in [0.4, 0.5) is 0 Å². The number of hydrogen-bond acceptors (Lipinski definition) is 5. The van der Waals surface area contributed by atoms with E-state index in [1.165, 1.54) is 11.3 Å². The minimum atomic E-state index is -0.567. The molecule has 0 radical (unpaired) electrons. The Morgan fingerprint density at radius 2 is 2.09 bits per heavy atom. The molecule has 0 spiro atoms. The Morgan fingerprint density at radius 1 is 1.26 bits per heavy atom. The van der Waals surface area contributed by atoms with Crippen molar-refractivity contribution in [2.75, 3.05) is 7.05 Å². The van der Waals surface area contributed by atoms with Gasteiger partial charge in [0, 0.05) is 7.05 Å².